The second-order valence-electron chi connectivity index (χ2n) is 4.26. The number of halogens is 1. The number of hydrogen-bond acceptors (Lipinski definition) is 3. The lowest BCUT2D eigenvalue weighted by atomic mass is 10.1. The summed E-state index contributed by atoms with van der Waals surface area (Å²) in [4.78, 5) is 12.2. The van der Waals surface area contributed by atoms with Crippen molar-refractivity contribution in [2.75, 3.05) is 5.88 Å². The molecule has 1 atom stereocenters. The van der Waals surface area contributed by atoms with Gasteiger partial charge in [0.25, 0.3) is 5.91 Å². The van der Waals surface area contributed by atoms with Crippen LogP contribution in [0.3, 0.4) is 0 Å². The lowest BCUT2D eigenvalue weighted by molar-refractivity contribution is 0.0933. The minimum atomic E-state index is -0.0817. The van der Waals surface area contributed by atoms with E-state index in [1.54, 1.807) is 6.07 Å². The Balaban J connectivity index is 2.85. The number of hydrogen-bond donors (Lipinski definition) is 1. The molecule has 1 amide bonds. The topological polar surface area (TPSA) is 54.9 Å². The van der Waals surface area contributed by atoms with Gasteiger partial charge in [0.15, 0.2) is 0 Å². The first-order chi connectivity index (χ1) is 8.62. The monoisotopic (exact) mass is 269 g/mol. The fourth-order valence-corrected chi connectivity index (χ4v) is 2.01. The standard InChI is InChI=1S/C13H20ClN3O/c1-4-10(6-7-14)15-13(18)11-8-9(3)16-17-12(11)5-2/h8,10H,4-7H2,1-3H3,(H,15,18). The lowest BCUT2D eigenvalue weighted by Crippen LogP contribution is -2.35. The van der Waals surface area contributed by atoms with Crippen molar-refractivity contribution in [3.8, 4) is 0 Å². The number of nitrogens with one attached hydrogen (secondary N) is 1. The van der Waals surface area contributed by atoms with E-state index in [9.17, 15) is 4.79 Å². The molecule has 1 rings (SSSR count). The zero-order chi connectivity index (χ0) is 13.5. The average Bonchev–Trinajstić information content (AvgIpc) is 2.38. The minimum Gasteiger partial charge on any atom is -0.349 e. The van der Waals surface area contributed by atoms with Gasteiger partial charge in [0.05, 0.1) is 17.0 Å². The van der Waals surface area contributed by atoms with Gasteiger partial charge < -0.3 is 5.32 Å². The van der Waals surface area contributed by atoms with Crippen LogP contribution in [0.4, 0.5) is 0 Å². The number of aryl methyl sites for hydroxylation is 2. The van der Waals surface area contributed by atoms with Gasteiger partial charge in [-0.25, -0.2) is 0 Å². The molecule has 0 aliphatic rings. The number of alkyl halides is 1. The molecule has 0 aliphatic heterocycles. The Morgan fingerprint density at radius 3 is 2.72 bits per heavy atom. The molecule has 0 saturated heterocycles. The molecular weight excluding hydrogens is 250 g/mol. The highest BCUT2D eigenvalue weighted by Crippen LogP contribution is 2.09. The molecule has 5 heteroatoms. The third kappa shape index (κ3) is 3.95. The minimum absolute atomic E-state index is 0.0817. The van der Waals surface area contributed by atoms with Crippen LogP contribution < -0.4 is 5.32 Å². The molecule has 0 aromatic carbocycles. The molecule has 100 valence electrons. The molecule has 1 heterocycles. The first kappa shape index (κ1) is 14.9. The number of carbonyl (C=O) groups excluding carboxylic acids is 1. The van der Waals surface area contributed by atoms with Crippen molar-refractivity contribution in [3.05, 3.63) is 23.0 Å². The maximum atomic E-state index is 12.2. The average molecular weight is 270 g/mol. The summed E-state index contributed by atoms with van der Waals surface area (Å²) in [7, 11) is 0. The molecule has 18 heavy (non-hydrogen) atoms. The van der Waals surface area contributed by atoms with Crippen LogP contribution in [0.5, 0.6) is 0 Å². The van der Waals surface area contributed by atoms with Crippen LogP contribution in [0, 0.1) is 6.92 Å². The van der Waals surface area contributed by atoms with Gasteiger partial charge in [-0.05, 0) is 32.3 Å². The van der Waals surface area contributed by atoms with Gasteiger partial charge in [-0.2, -0.15) is 10.2 Å². The van der Waals surface area contributed by atoms with E-state index in [0.29, 0.717) is 17.9 Å². The van der Waals surface area contributed by atoms with E-state index in [2.05, 4.69) is 15.5 Å². The van der Waals surface area contributed by atoms with Crippen LogP contribution in [-0.2, 0) is 6.42 Å². The summed E-state index contributed by atoms with van der Waals surface area (Å²) in [5, 5.41) is 11.0. The zero-order valence-corrected chi connectivity index (χ0v) is 11.9. The van der Waals surface area contributed by atoms with Crippen molar-refractivity contribution in [2.45, 2.75) is 46.1 Å². The normalized spacial score (nSPS) is 12.2. The first-order valence-electron chi connectivity index (χ1n) is 6.32. The van der Waals surface area contributed by atoms with E-state index < -0.39 is 0 Å². The smallest absolute Gasteiger partial charge is 0.253 e. The highest BCUT2D eigenvalue weighted by Gasteiger charge is 2.16. The number of aromatic nitrogens is 2. The fraction of sp³-hybridized carbons (Fsp3) is 0.615. The van der Waals surface area contributed by atoms with Crippen LogP contribution in [0.25, 0.3) is 0 Å². The highest BCUT2D eigenvalue weighted by atomic mass is 35.5. The van der Waals surface area contributed by atoms with E-state index >= 15 is 0 Å². The Morgan fingerprint density at radius 1 is 1.44 bits per heavy atom. The Labute approximate surface area is 113 Å². The molecular formula is C13H20ClN3O. The Kier molecular flexibility index (Phi) is 6.05. The maximum Gasteiger partial charge on any atom is 0.253 e. The van der Waals surface area contributed by atoms with Crippen LogP contribution in [0.1, 0.15) is 48.4 Å². The van der Waals surface area contributed by atoms with E-state index in [1.807, 2.05) is 20.8 Å². The van der Waals surface area contributed by atoms with Crippen LogP contribution in [-0.4, -0.2) is 28.0 Å². The van der Waals surface area contributed by atoms with E-state index in [4.69, 9.17) is 11.6 Å². The first-order valence-corrected chi connectivity index (χ1v) is 6.85. The van der Waals surface area contributed by atoms with Crippen molar-refractivity contribution >= 4 is 17.5 Å². The predicted molar refractivity (Wildman–Crippen MR) is 73.0 cm³/mol. The summed E-state index contributed by atoms with van der Waals surface area (Å²) in [6.07, 6.45) is 2.35. The van der Waals surface area contributed by atoms with Crippen molar-refractivity contribution in [2.24, 2.45) is 0 Å². The lowest BCUT2D eigenvalue weighted by Gasteiger charge is -2.16. The summed E-state index contributed by atoms with van der Waals surface area (Å²) in [5.74, 6) is 0.467. The third-order valence-electron chi connectivity index (χ3n) is 2.86. The van der Waals surface area contributed by atoms with Gasteiger partial charge in [-0.3, -0.25) is 4.79 Å². The molecule has 1 unspecified atom stereocenters. The number of carbonyl (C=O) groups is 1. The third-order valence-corrected chi connectivity index (χ3v) is 3.08. The van der Waals surface area contributed by atoms with Crippen molar-refractivity contribution in [1.82, 2.24) is 15.5 Å². The summed E-state index contributed by atoms with van der Waals surface area (Å²) in [6, 6.07) is 1.90. The van der Waals surface area contributed by atoms with Gasteiger partial charge in [0, 0.05) is 11.9 Å². The van der Waals surface area contributed by atoms with E-state index in [0.717, 1.165) is 24.2 Å². The SMILES string of the molecule is CCc1nnc(C)cc1C(=O)NC(CC)CCCl. The molecule has 1 N–H and O–H groups in total. The number of rotatable bonds is 6. The molecule has 0 spiro atoms. The molecule has 4 nitrogen and oxygen atoms in total. The summed E-state index contributed by atoms with van der Waals surface area (Å²) >= 11 is 5.71. The molecule has 0 radical (unpaired) electrons. The Hall–Kier alpha value is -1.16. The molecule has 0 bridgehead atoms. The summed E-state index contributed by atoms with van der Waals surface area (Å²) < 4.78 is 0. The second-order valence-corrected chi connectivity index (χ2v) is 4.63. The zero-order valence-electron chi connectivity index (χ0n) is 11.2. The Morgan fingerprint density at radius 2 is 2.17 bits per heavy atom. The van der Waals surface area contributed by atoms with Gasteiger partial charge >= 0.3 is 0 Å². The van der Waals surface area contributed by atoms with E-state index in [-0.39, 0.29) is 11.9 Å². The van der Waals surface area contributed by atoms with Crippen molar-refractivity contribution in [3.63, 3.8) is 0 Å². The molecule has 0 saturated carbocycles. The molecule has 1 aromatic rings. The summed E-state index contributed by atoms with van der Waals surface area (Å²) in [6.45, 7) is 5.83. The number of amides is 1. The van der Waals surface area contributed by atoms with Gasteiger partial charge in [0.2, 0.25) is 0 Å². The van der Waals surface area contributed by atoms with Gasteiger partial charge in [-0.15, -0.1) is 11.6 Å². The molecule has 0 fully saturated rings. The van der Waals surface area contributed by atoms with Crippen molar-refractivity contribution in [1.29, 1.82) is 0 Å². The van der Waals surface area contributed by atoms with Crippen LogP contribution in [0.2, 0.25) is 0 Å². The molecule has 1 aromatic heterocycles. The van der Waals surface area contributed by atoms with Gasteiger partial charge in [-0.1, -0.05) is 13.8 Å². The highest BCUT2D eigenvalue weighted by molar-refractivity contribution is 6.17. The van der Waals surface area contributed by atoms with Crippen LogP contribution >= 0.6 is 11.6 Å². The van der Waals surface area contributed by atoms with Crippen LogP contribution in [0.15, 0.2) is 6.07 Å². The quantitative estimate of drug-likeness (QED) is 0.808. The maximum absolute atomic E-state index is 12.2. The Bertz CT molecular complexity index is 409. The fourth-order valence-electron chi connectivity index (χ4n) is 1.75. The summed E-state index contributed by atoms with van der Waals surface area (Å²) in [5.41, 5.74) is 2.11. The van der Waals surface area contributed by atoms with Gasteiger partial charge in [0.1, 0.15) is 0 Å². The van der Waals surface area contributed by atoms with Crippen molar-refractivity contribution < 1.29 is 4.79 Å². The molecule has 0 aliphatic carbocycles. The largest absolute Gasteiger partial charge is 0.349 e. The van der Waals surface area contributed by atoms with E-state index in [1.165, 1.54) is 0 Å². The predicted octanol–water partition coefficient (Wildman–Crippen LogP) is 2.48. The second kappa shape index (κ2) is 7.31. The number of nitrogens with zero attached hydrogens (tertiary/aromatic N) is 2.